The average molecular weight is 237 g/mol. The van der Waals surface area contributed by atoms with Gasteiger partial charge in [0.1, 0.15) is 11.5 Å². The van der Waals surface area contributed by atoms with Crippen LogP contribution in [0, 0.1) is 0 Å². The molecule has 1 aromatic carbocycles. The Bertz CT molecular complexity index is 335. The lowest BCUT2D eigenvalue weighted by atomic mass is 10.1. The minimum absolute atomic E-state index is 0.278. The Morgan fingerprint density at radius 1 is 1.24 bits per heavy atom. The van der Waals surface area contributed by atoms with Crippen LogP contribution in [0.4, 0.5) is 0 Å². The molecular formula is C14H23NO2. The number of rotatable bonds is 7. The molecule has 2 N–H and O–H groups in total. The van der Waals surface area contributed by atoms with Gasteiger partial charge in [0.05, 0.1) is 13.2 Å². The molecule has 0 aliphatic heterocycles. The van der Waals surface area contributed by atoms with Crippen molar-refractivity contribution in [3.8, 4) is 11.5 Å². The molecule has 0 saturated heterocycles. The zero-order chi connectivity index (χ0) is 12.7. The smallest absolute Gasteiger partial charge is 0.123 e. The van der Waals surface area contributed by atoms with Crippen molar-refractivity contribution >= 4 is 0 Å². The standard InChI is InChI=1S/C14H23NO2/c1-4-12(5-2)17-14-7-6-13(16-3)10-11(14)8-9-15/h6-7,10,12H,4-5,8-9,15H2,1-3H3. The molecule has 0 aromatic heterocycles. The predicted octanol–water partition coefficient (Wildman–Crippen LogP) is 2.76. The van der Waals surface area contributed by atoms with Crippen molar-refractivity contribution in [2.24, 2.45) is 5.73 Å². The van der Waals surface area contributed by atoms with Gasteiger partial charge in [0, 0.05) is 0 Å². The first-order valence-electron chi connectivity index (χ1n) is 6.28. The Labute approximate surface area is 104 Å². The van der Waals surface area contributed by atoms with Crippen LogP contribution in [0.1, 0.15) is 32.3 Å². The van der Waals surface area contributed by atoms with Gasteiger partial charge in [-0.25, -0.2) is 0 Å². The van der Waals surface area contributed by atoms with Gasteiger partial charge in [0.15, 0.2) is 0 Å². The van der Waals surface area contributed by atoms with Crippen LogP contribution in [-0.2, 0) is 6.42 Å². The molecule has 0 atom stereocenters. The molecule has 3 nitrogen and oxygen atoms in total. The van der Waals surface area contributed by atoms with Gasteiger partial charge in [-0.2, -0.15) is 0 Å². The number of nitrogens with two attached hydrogens (primary N) is 1. The summed E-state index contributed by atoms with van der Waals surface area (Å²) in [5.41, 5.74) is 6.74. The Morgan fingerprint density at radius 2 is 1.94 bits per heavy atom. The summed E-state index contributed by atoms with van der Waals surface area (Å²) < 4.78 is 11.2. The van der Waals surface area contributed by atoms with E-state index in [1.807, 2.05) is 18.2 Å². The van der Waals surface area contributed by atoms with Crippen molar-refractivity contribution in [2.75, 3.05) is 13.7 Å². The van der Waals surface area contributed by atoms with Gasteiger partial charge in [-0.05, 0) is 49.6 Å². The summed E-state index contributed by atoms with van der Waals surface area (Å²) in [4.78, 5) is 0. The SMILES string of the molecule is CCC(CC)Oc1ccc(OC)cc1CCN. The quantitative estimate of drug-likeness (QED) is 0.793. The predicted molar refractivity (Wildman–Crippen MR) is 70.8 cm³/mol. The van der Waals surface area contributed by atoms with E-state index in [1.165, 1.54) is 0 Å². The highest BCUT2D eigenvalue weighted by Gasteiger charge is 2.10. The second kappa shape index (κ2) is 7.17. The van der Waals surface area contributed by atoms with Gasteiger partial charge in [0.25, 0.3) is 0 Å². The van der Waals surface area contributed by atoms with E-state index >= 15 is 0 Å². The summed E-state index contributed by atoms with van der Waals surface area (Å²) in [7, 11) is 1.67. The lowest BCUT2D eigenvalue weighted by Crippen LogP contribution is -2.15. The van der Waals surface area contributed by atoms with Crippen LogP contribution in [0.2, 0.25) is 0 Å². The fourth-order valence-electron chi connectivity index (χ4n) is 1.78. The zero-order valence-electron chi connectivity index (χ0n) is 11.0. The fraction of sp³-hybridized carbons (Fsp3) is 0.571. The van der Waals surface area contributed by atoms with Crippen LogP contribution in [0.5, 0.6) is 11.5 Å². The van der Waals surface area contributed by atoms with Gasteiger partial charge in [-0.1, -0.05) is 13.8 Å². The Kier molecular flexibility index (Phi) is 5.84. The molecule has 0 heterocycles. The highest BCUT2D eigenvalue weighted by molar-refractivity contribution is 5.40. The Balaban J connectivity index is 2.88. The van der Waals surface area contributed by atoms with Gasteiger partial charge in [-0.15, -0.1) is 0 Å². The number of hydrogen-bond acceptors (Lipinski definition) is 3. The molecule has 17 heavy (non-hydrogen) atoms. The molecule has 1 aromatic rings. The van der Waals surface area contributed by atoms with Crippen LogP contribution in [0.25, 0.3) is 0 Å². The average Bonchev–Trinajstić information content (AvgIpc) is 2.37. The van der Waals surface area contributed by atoms with Crippen molar-refractivity contribution in [3.63, 3.8) is 0 Å². The van der Waals surface area contributed by atoms with Crippen LogP contribution >= 0.6 is 0 Å². The fourth-order valence-corrected chi connectivity index (χ4v) is 1.78. The molecule has 0 bridgehead atoms. The molecule has 0 fully saturated rings. The second-order valence-electron chi connectivity index (χ2n) is 4.07. The molecule has 0 amide bonds. The lowest BCUT2D eigenvalue weighted by molar-refractivity contribution is 0.191. The third-order valence-corrected chi connectivity index (χ3v) is 2.89. The van der Waals surface area contributed by atoms with Gasteiger partial charge >= 0.3 is 0 Å². The Morgan fingerprint density at radius 3 is 2.47 bits per heavy atom. The van der Waals surface area contributed by atoms with Gasteiger partial charge < -0.3 is 15.2 Å². The van der Waals surface area contributed by atoms with E-state index in [9.17, 15) is 0 Å². The first kappa shape index (κ1) is 13.8. The van der Waals surface area contributed by atoms with E-state index in [4.69, 9.17) is 15.2 Å². The first-order chi connectivity index (χ1) is 8.24. The van der Waals surface area contributed by atoms with Crippen LogP contribution in [0.15, 0.2) is 18.2 Å². The maximum absolute atomic E-state index is 5.98. The number of ether oxygens (including phenoxy) is 2. The number of benzene rings is 1. The Hall–Kier alpha value is -1.22. The maximum Gasteiger partial charge on any atom is 0.123 e. The summed E-state index contributed by atoms with van der Waals surface area (Å²) in [5, 5.41) is 0. The van der Waals surface area contributed by atoms with Crippen molar-refractivity contribution in [1.82, 2.24) is 0 Å². The summed E-state index contributed by atoms with van der Waals surface area (Å²) in [5.74, 6) is 1.79. The van der Waals surface area contributed by atoms with Crippen LogP contribution in [-0.4, -0.2) is 19.8 Å². The van der Waals surface area contributed by atoms with Crippen molar-refractivity contribution in [3.05, 3.63) is 23.8 Å². The summed E-state index contributed by atoms with van der Waals surface area (Å²) in [6, 6.07) is 5.91. The molecule has 0 aliphatic carbocycles. The zero-order valence-corrected chi connectivity index (χ0v) is 11.0. The molecule has 0 unspecified atom stereocenters. The van der Waals surface area contributed by atoms with E-state index < -0.39 is 0 Å². The minimum atomic E-state index is 0.278. The van der Waals surface area contributed by atoms with Gasteiger partial charge in [-0.3, -0.25) is 0 Å². The number of methoxy groups -OCH3 is 1. The highest BCUT2D eigenvalue weighted by atomic mass is 16.5. The molecule has 0 saturated carbocycles. The highest BCUT2D eigenvalue weighted by Crippen LogP contribution is 2.26. The molecule has 3 heteroatoms. The topological polar surface area (TPSA) is 44.5 Å². The molecule has 0 aliphatic rings. The molecule has 0 spiro atoms. The minimum Gasteiger partial charge on any atom is -0.497 e. The third-order valence-electron chi connectivity index (χ3n) is 2.89. The summed E-state index contributed by atoms with van der Waals surface area (Å²) in [6.07, 6.45) is 3.13. The van der Waals surface area contributed by atoms with Crippen LogP contribution < -0.4 is 15.2 Å². The van der Waals surface area contributed by atoms with E-state index in [0.29, 0.717) is 6.54 Å². The van der Waals surface area contributed by atoms with E-state index in [1.54, 1.807) is 7.11 Å². The van der Waals surface area contributed by atoms with Crippen molar-refractivity contribution in [2.45, 2.75) is 39.2 Å². The van der Waals surface area contributed by atoms with Crippen molar-refractivity contribution in [1.29, 1.82) is 0 Å². The first-order valence-corrected chi connectivity index (χ1v) is 6.28. The normalized spacial score (nSPS) is 10.6. The van der Waals surface area contributed by atoms with E-state index in [2.05, 4.69) is 13.8 Å². The monoisotopic (exact) mass is 237 g/mol. The summed E-state index contributed by atoms with van der Waals surface area (Å²) >= 11 is 0. The molecule has 1 rings (SSSR count). The molecular weight excluding hydrogens is 214 g/mol. The largest absolute Gasteiger partial charge is 0.497 e. The molecule has 96 valence electrons. The van der Waals surface area contributed by atoms with E-state index in [-0.39, 0.29) is 6.10 Å². The molecule has 0 radical (unpaired) electrons. The third kappa shape index (κ3) is 3.93. The van der Waals surface area contributed by atoms with Crippen LogP contribution in [0.3, 0.4) is 0 Å². The lowest BCUT2D eigenvalue weighted by Gasteiger charge is -2.18. The summed E-state index contributed by atoms with van der Waals surface area (Å²) in [6.45, 7) is 4.90. The van der Waals surface area contributed by atoms with Crippen molar-refractivity contribution < 1.29 is 9.47 Å². The van der Waals surface area contributed by atoms with Gasteiger partial charge in [0.2, 0.25) is 0 Å². The second-order valence-corrected chi connectivity index (χ2v) is 4.07. The number of hydrogen-bond donors (Lipinski definition) is 1. The van der Waals surface area contributed by atoms with E-state index in [0.717, 1.165) is 36.3 Å². The maximum atomic E-state index is 5.98.